The molecule has 4 fully saturated rings. The average molecular weight is 335 g/mol. The van der Waals surface area contributed by atoms with Crippen LogP contribution < -0.4 is 0 Å². The van der Waals surface area contributed by atoms with E-state index in [1.807, 2.05) is 7.05 Å². The molecule has 0 aliphatic heterocycles. The number of rotatable bonds is 5. The molecule has 0 radical (unpaired) electrons. The molecule has 6 heteroatoms. The van der Waals surface area contributed by atoms with Crippen molar-refractivity contribution in [3.63, 3.8) is 0 Å². The quantitative estimate of drug-likeness (QED) is 0.828. The number of nitrogens with zero attached hydrogens (tertiary/aromatic N) is 3. The van der Waals surface area contributed by atoms with Gasteiger partial charge in [0.05, 0.1) is 11.5 Å². The molecule has 4 bridgehead atoms. The fourth-order valence-corrected chi connectivity index (χ4v) is 6.21. The molecular formula is C17H25N3O2S. The summed E-state index contributed by atoms with van der Waals surface area (Å²) in [5, 5.41) is 3.88. The van der Waals surface area contributed by atoms with Crippen molar-refractivity contribution in [1.82, 2.24) is 15.0 Å². The van der Waals surface area contributed by atoms with Gasteiger partial charge in [-0.2, -0.15) is 4.98 Å². The van der Waals surface area contributed by atoms with Crippen LogP contribution in [0.15, 0.2) is 4.52 Å². The van der Waals surface area contributed by atoms with E-state index in [0.29, 0.717) is 29.3 Å². The van der Waals surface area contributed by atoms with E-state index >= 15 is 0 Å². The Morgan fingerprint density at radius 1 is 1.22 bits per heavy atom. The van der Waals surface area contributed by atoms with Gasteiger partial charge in [0.25, 0.3) is 0 Å². The zero-order valence-corrected chi connectivity index (χ0v) is 14.7. The van der Waals surface area contributed by atoms with Crippen LogP contribution in [0, 0.1) is 30.6 Å². The highest BCUT2D eigenvalue weighted by molar-refractivity contribution is 7.99. The van der Waals surface area contributed by atoms with Crippen LogP contribution in [0.3, 0.4) is 0 Å². The summed E-state index contributed by atoms with van der Waals surface area (Å²) in [5.41, 5.74) is 0. The maximum absolute atomic E-state index is 12.6. The van der Waals surface area contributed by atoms with Gasteiger partial charge < -0.3 is 9.42 Å². The third-order valence-electron chi connectivity index (χ3n) is 6.04. The van der Waals surface area contributed by atoms with E-state index in [-0.39, 0.29) is 5.91 Å². The fraction of sp³-hybridized carbons (Fsp3) is 0.824. The van der Waals surface area contributed by atoms with Gasteiger partial charge in [0.1, 0.15) is 0 Å². The minimum absolute atomic E-state index is 0.257. The topological polar surface area (TPSA) is 59.2 Å². The monoisotopic (exact) mass is 335 g/mol. The summed E-state index contributed by atoms with van der Waals surface area (Å²) in [6.07, 6.45) is 6.86. The van der Waals surface area contributed by atoms with Crippen LogP contribution in [-0.4, -0.2) is 39.8 Å². The van der Waals surface area contributed by atoms with Crippen LogP contribution in [0.1, 0.15) is 43.8 Å². The first-order valence-corrected chi connectivity index (χ1v) is 9.88. The molecule has 0 N–H and O–H groups in total. The van der Waals surface area contributed by atoms with E-state index in [1.165, 1.54) is 32.1 Å². The second kappa shape index (κ2) is 6.11. The van der Waals surface area contributed by atoms with Crippen molar-refractivity contribution in [2.75, 3.05) is 12.8 Å². The zero-order valence-electron chi connectivity index (χ0n) is 13.9. The predicted octanol–water partition coefficient (Wildman–Crippen LogP) is 2.89. The van der Waals surface area contributed by atoms with Gasteiger partial charge in [-0.15, -0.1) is 11.8 Å². The minimum Gasteiger partial charge on any atom is -0.342 e. The van der Waals surface area contributed by atoms with Crippen LogP contribution >= 0.6 is 11.8 Å². The smallest absolute Gasteiger partial charge is 0.232 e. The summed E-state index contributed by atoms with van der Waals surface area (Å²) in [5.74, 6) is 6.07. The lowest BCUT2D eigenvalue weighted by Crippen LogP contribution is -2.56. The average Bonchev–Trinajstić information content (AvgIpc) is 2.91. The Bertz CT molecular complexity index is 560. The molecule has 5 rings (SSSR count). The molecule has 0 saturated heterocycles. The maximum Gasteiger partial charge on any atom is 0.232 e. The highest BCUT2D eigenvalue weighted by atomic mass is 32.2. The number of carbonyl (C=O) groups is 1. The van der Waals surface area contributed by atoms with E-state index in [9.17, 15) is 4.79 Å². The summed E-state index contributed by atoms with van der Waals surface area (Å²) < 4.78 is 4.96. The molecule has 23 heavy (non-hydrogen) atoms. The summed E-state index contributed by atoms with van der Waals surface area (Å²) in [6, 6.07) is 0.489. The lowest BCUT2D eigenvalue weighted by atomic mass is 9.54. The highest BCUT2D eigenvalue weighted by Gasteiger charge is 2.50. The number of carbonyl (C=O) groups excluding carboxylic acids is 1. The third kappa shape index (κ3) is 3.02. The summed E-state index contributed by atoms with van der Waals surface area (Å²) in [4.78, 5) is 18.9. The van der Waals surface area contributed by atoms with Crippen molar-refractivity contribution in [1.29, 1.82) is 0 Å². The van der Waals surface area contributed by atoms with E-state index in [0.717, 1.165) is 23.7 Å². The molecular weight excluding hydrogens is 310 g/mol. The van der Waals surface area contributed by atoms with Gasteiger partial charge in [-0.1, -0.05) is 5.16 Å². The number of amides is 1. The largest absolute Gasteiger partial charge is 0.342 e. The standard InChI is InChI=1S/C17H25N3O2S/c1-10-18-15(19-22-10)8-23-9-16(21)20(2)17-13-4-11-3-12(6-13)7-14(17)5-11/h11-14,17H,3-9H2,1-2H3. The Kier molecular flexibility index (Phi) is 4.12. The molecule has 126 valence electrons. The van der Waals surface area contributed by atoms with Crippen LogP contribution in [0.25, 0.3) is 0 Å². The molecule has 5 nitrogen and oxygen atoms in total. The Hall–Kier alpha value is -1.04. The molecule has 4 aliphatic rings. The first-order chi connectivity index (χ1) is 11.1. The van der Waals surface area contributed by atoms with Gasteiger partial charge in [-0.05, 0) is 55.8 Å². The SMILES string of the molecule is Cc1nc(CSCC(=O)N(C)C2C3CC4CC(C3)CC2C4)no1. The van der Waals surface area contributed by atoms with Gasteiger partial charge >= 0.3 is 0 Å². The van der Waals surface area contributed by atoms with Gasteiger partial charge in [0.15, 0.2) is 5.82 Å². The number of thioether (sulfide) groups is 1. The second-order valence-electron chi connectivity index (χ2n) is 7.65. The van der Waals surface area contributed by atoms with Crippen molar-refractivity contribution in [3.8, 4) is 0 Å². The molecule has 1 amide bonds. The molecule has 4 saturated carbocycles. The Morgan fingerprint density at radius 2 is 1.87 bits per heavy atom. The van der Waals surface area contributed by atoms with E-state index < -0.39 is 0 Å². The van der Waals surface area contributed by atoms with Crippen LogP contribution in [0.5, 0.6) is 0 Å². The van der Waals surface area contributed by atoms with Gasteiger partial charge in [0, 0.05) is 20.0 Å². The second-order valence-corrected chi connectivity index (χ2v) is 8.63. The summed E-state index contributed by atoms with van der Waals surface area (Å²) in [7, 11) is 2.02. The van der Waals surface area contributed by atoms with E-state index in [2.05, 4.69) is 15.0 Å². The van der Waals surface area contributed by atoms with Gasteiger partial charge in [0.2, 0.25) is 11.8 Å². The number of aryl methyl sites for hydroxylation is 1. The van der Waals surface area contributed by atoms with Gasteiger partial charge in [-0.3, -0.25) is 4.79 Å². The van der Waals surface area contributed by atoms with Gasteiger partial charge in [-0.25, -0.2) is 0 Å². The third-order valence-corrected chi connectivity index (χ3v) is 6.96. The Labute approximate surface area is 141 Å². The van der Waals surface area contributed by atoms with Crippen LogP contribution in [-0.2, 0) is 10.5 Å². The normalized spacial score (nSPS) is 34.8. The lowest BCUT2D eigenvalue weighted by molar-refractivity contribution is -0.138. The zero-order chi connectivity index (χ0) is 16.0. The minimum atomic E-state index is 0.257. The van der Waals surface area contributed by atoms with Crippen LogP contribution in [0.4, 0.5) is 0 Å². The van der Waals surface area contributed by atoms with Crippen molar-refractivity contribution in [2.24, 2.45) is 23.7 Å². The molecule has 0 unspecified atom stereocenters. The number of hydrogen-bond acceptors (Lipinski definition) is 5. The molecule has 0 aromatic carbocycles. The van der Waals surface area contributed by atoms with Crippen molar-refractivity contribution < 1.29 is 9.32 Å². The summed E-state index contributed by atoms with van der Waals surface area (Å²) >= 11 is 1.58. The van der Waals surface area contributed by atoms with Crippen molar-refractivity contribution in [3.05, 3.63) is 11.7 Å². The first-order valence-electron chi connectivity index (χ1n) is 8.72. The lowest BCUT2D eigenvalue weighted by Gasteiger charge is -2.56. The number of aromatic nitrogens is 2. The fourth-order valence-electron chi connectivity index (χ4n) is 5.43. The molecule has 1 heterocycles. The number of hydrogen-bond donors (Lipinski definition) is 0. The van der Waals surface area contributed by atoms with E-state index in [1.54, 1.807) is 18.7 Å². The first kappa shape index (κ1) is 15.5. The predicted molar refractivity (Wildman–Crippen MR) is 88.8 cm³/mol. The van der Waals surface area contributed by atoms with E-state index in [4.69, 9.17) is 4.52 Å². The Morgan fingerprint density at radius 3 is 2.43 bits per heavy atom. The molecule has 0 spiro atoms. The molecule has 1 aromatic rings. The maximum atomic E-state index is 12.6. The van der Waals surface area contributed by atoms with Crippen LogP contribution in [0.2, 0.25) is 0 Å². The summed E-state index contributed by atoms with van der Waals surface area (Å²) in [6.45, 7) is 1.78. The molecule has 0 atom stereocenters. The van der Waals surface area contributed by atoms with Crippen molar-refractivity contribution >= 4 is 17.7 Å². The highest BCUT2D eigenvalue weighted by Crippen LogP contribution is 2.54. The molecule has 4 aliphatic carbocycles. The van der Waals surface area contributed by atoms with Crippen molar-refractivity contribution in [2.45, 2.75) is 50.8 Å². The Balaban J connectivity index is 1.31. The molecule has 1 aromatic heterocycles.